The fraction of sp³-hybridized carbons (Fsp3) is 0.429. The van der Waals surface area contributed by atoms with Crippen LogP contribution in [0.2, 0.25) is 0 Å². The van der Waals surface area contributed by atoms with E-state index in [0.29, 0.717) is 0 Å². The van der Waals surface area contributed by atoms with Gasteiger partial charge in [0.1, 0.15) is 12.0 Å². The first kappa shape index (κ1) is 4.98. The van der Waals surface area contributed by atoms with E-state index in [9.17, 15) is 4.79 Å². The van der Waals surface area contributed by atoms with Crippen molar-refractivity contribution in [2.45, 2.75) is 18.6 Å². The minimum atomic E-state index is -0.0347. The molecule has 46 valence electrons. The average Bonchev–Trinajstić information content (AvgIpc) is 2.45. The van der Waals surface area contributed by atoms with Crippen molar-refractivity contribution in [1.82, 2.24) is 0 Å². The Hall–Kier alpha value is -0.850. The minimum absolute atomic E-state index is 0.0347. The van der Waals surface area contributed by atoms with E-state index in [0.717, 1.165) is 12.0 Å². The van der Waals surface area contributed by atoms with E-state index >= 15 is 0 Å². The smallest absolute Gasteiger partial charge is 0.126 e. The van der Waals surface area contributed by atoms with Gasteiger partial charge in [-0.15, -0.1) is 0 Å². The number of carbonyl (C=O) groups excluding carboxylic acids is 1. The summed E-state index contributed by atoms with van der Waals surface area (Å²) in [4.78, 5) is 10.1. The molecule has 1 fully saturated rings. The van der Waals surface area contributed by atoms with Gasteiger partial charge in [-0.3, -0.25) is 0 Å². The van der Waals surface area contributed by atoms with Crippen LogP contribution < -0.4 is 0 Å². The molecule has 2 nitrogen and oxygen atoms in total. The standard InChI is InChI=1S/C7H6O2/c8-4-5-3-6-1-2-7(5)9-6/h1-2,6-7H,3H2. The highest BCUT2D eigenvalue weighted by molar-refractivity contribution is 5.57. The maximum Gasteiger partial charge on any atom is 0.126 e. The molecule has 0 amide bonds. The maximum atomic E-state index is 10.1. The number of rotatable bonds is 0. The second-order valence-electron chi connectivity index (χ2n) is 2.31. The van der Waals surface area contributed by atoms with Crippen molar-refractivity contribution in [2.24, 2.45) is 0 Å². The Morgan fingerprint density at radius 1 is 1.67 bits per heavy atom. The van der Waals surface area contributed by atoms with Gasteiger partial charge < -0.3 is 4.74 Å². The van der Waals surface area contributed by atoms with E-state index < -0.39 is 0 Å². The topological polar surface area (TPSA) is 26.3 Å². The summed E-state index contributed by atoms with van der Waals surface area (Å²) >= 11 is 0. The van der Waals surface area contributed by atoms with Gasteiger partial charge >= 0.3 is 0 Å². The van der Waals surface area contributed by atoms with Gasteiger partial charge in [0.05, 0.1) is 6.10 Å². The van der Waals surface area contributed by atoms with Crippen molar-refractivity contribution < 1.29 is 9.53 Å². The van der Waals surface area contributed by atoms with Gasteiger partial charge in [-0.1, -0.05) is 12.2 Å². The molecule has 2 atom stereocenters. The molecule has 0 aromatic carbocycles. The quantitative estimate of drug-likeness (QED) is 0.345. The number of fused-ring (bicyclic) bond motifs is 2. The van der Waals surface area contributed by atoms with Gasteiger partial charge in [0, 0.05) is 12.0 Å². The Balaban J connectivity index is 2.39. The first-order valence-electron chi connectivity index (χ1n) is 2.98. The monoisotopic (exact) mass is 122 g/mol. The number of hydrogen-bond donors (Lipinski definition) is 0. The van der Waals surface area contributed by atoms with Gasteiger partial charge in [-0.25, -0.2) is 4.79 Å². The fourth-order valence-corrected chi connectivity index (χ4v) is 1.25. The van der Waals surface area contributed by atoms with E-state index in [1.807, 2.05) is 18.1 Å². The normalized spacial score (nSPS) is 37.6. The largest absolute Gasteiger partial charge is 0.361 e. The molecule has 2 bridgehead atoms. The zero-order chi connectivity index (χ0) is 6.27. The van der Waals surface area contributed by atoms with Gasteiger partial charge in [-0.05, 0) is 0 Å². The molecule has 2 heteroatoms. The van der Waals surface area contributed by atoms with E-state index in [2.05, 4.69) is 0 Å². The van der Waals surface area contributed by atoms with Crippen LogP contribution in [0.1, 0.15) is 6.42 Å². The lowest BCUT2D eigenvalue weighted by Crippen LogP contribution is -1.99. The fourth-order valence-electron chi connectivity index (χ4n) is 1.25. The molecule has 0 aliphatic carbocycles. The van der Waals surface area contributed by atoms with Crippen molar-refractivity contribution in [3.8, 4) is 0 Å². The van der Waals surface area contributed by atoms with Crippen LogP contribution in [0.3, 0.4) is 0 Å². The highest BCUT2D eigenvalue weighted by Gasteiger charge is 2.32. The molecule has 0 aromatic rings. The molecule has 2 rings (SSSR count). The molecule has 0 saturated carbocycles. The lowest BCUT2D eigenvalue weighted by molar-refractivity contribution is 0.128. The van der Waals surface area contributed by atoms with Crippen LogP contribution in [0.4, 0.5) is 0 Å². The second kappa shape index (κ2) is 1.56. The summed E-state index contributed by atoms with van der Waals surface area (Å²) in [6.07, 6.45) is 4.80. The third-order valence-electron chi connectivity index (χ3n) is 1.72. The van der Waals surface area contributed by atoms with Crippen LogP contribution in [0.25, 0.3) is 0 Å². The van der Waals surface area contributed by atoms with Crippen LogP contribution in [0, 0.1) is 0 Å². The number of ether oxygens (including phenoxy) is 1. The summed E-state index contributed by atoms with van der Waals surface area (Å²) in [6, 6.07) is 0. The van der Waals surface area contributed by atoms with E-state index in [-0.39, 0.29) is 12.2 Å². The zero-order valence-electron chi connectivity index (χ0n) is 4.83. The Morgan fingerprint density at radius 3 is 2.89 bits per heavy atom. The van der Waals surface area contributed by atoms with Crippen molar-refractivity contribution in [3.63, 3.8) is 0 Å². The van der Waals surface area contributed by atoms with E-state index in [4.69, 9.17) is 4.74 Å². The minimum Gasteiger partial charge on any atom is -0.361 e. The molecule has 2 unspecified atom stereocenters. The predicted octanol–water partition coefficient (Wildman–Crippen LogP) is 0.472. The third-order valence-corrected chi connectivity index (χ3v) is 1.72. The second-order valence-corrected chi connectivity index (χ2v) is 2.31. The van der Waals surface area contributed by atoms with Crippen LogP contribution in [0.5, 0.6) is 0 Å². The molecule has 0 radical (unpaired) electrons. The zero-order valence-corrected chi connectivity index (χ0v) is 4.83. The Morgan fingerprint density at radius 2 is 2.56 bits per heavy atom. The first-order valence-corrected chi connectivity index (χ1v) is 2.98. The molecule has 0 aromatic heterocycles. The first-order chi connectivity index (χ1) is 4.40. The molecule has 2 heterocycles. The van der Waals surface area contributed by atoms with Gasteiger partial charge in [0.2, 0.25) is 0 Å². The summed E-state index contributed by atoms with van der Waals surface area (Å²) in [5, 5.41) is 0. The molecule has 0 spiro atoms. The van der Waals surface area contributed by atoms with E-state index in [1.165, 1.54) is 0 Å². The molecule has 9 heavy (non-hydrogen) atoms. The summed E-state index contributed by atoms with van der Waals surface area (Å²) in [5.74, 6) is 1.89. The van der Waals surface area contributed by atoms with Crippen LogP contribution in [-0.2, 0) is 9.53 Å². The van der Waals surface area contributed by atoms with Crippen molar-refractivity contribution >= 4 is 5.94 Å². The Bertz CT molecular complexity index is 211. The average molecular weight is 122 g/mol. The molecule has 2 aliphatic rings. The summed E-state index contributed by atoms with van der Waals surface area (Å²) in [5.41, 5.74) is 0.766. The number of hydrogen-bond acceptors (Lipinski definition) is 2. The third kappa shape index (κ3) is 0.576. The SMILES string of the molecule is O=C=C1CC2C=CC1O2. The van der Waals surface area contributed by atoms with Crippen molar-refractivity contribution in [1.29, 1.82) is 0 Å². The molecular formula is C7H6O2. The summed E-state index contributed by atoms with van der Waals surface area (Å²) in [7, 11) is 0. The van der Waals surface area contributed by atoms with Crippen LogP contribution in [-0.4, -0.2) is 18.1 Å². The lowest BCUT2D eigenvalue weighted by atomic mass is 10.0. The summed E-state index contributed by atoms with van der Waals surface area (Å²) in [6.45, 7) is 0. The molecule has 2 aliphatic heterocycles. The predicted molar refractivity (Wildman–Crippen MR) is 31.6 cm³/mol. The van der Waals surface area contributed by atoms with Crippen molar-refractivity contribution in [2.75, 3.05) is 0 Å². The summed E-state index contributed by atoms with van der Waals surface area (Å²) < 4.78 is 5.27. The van der Waals surface area contributed by atoms with Crippen LogP contribution in [0.15, 0.2) is 17.7 Å². The van der Waals surface area contributed by atoms with E-state index in [1.54, 1.807) is 0 Å². The van der Waals surface area contributed by atoms with Crippen molar-refractivity contribution in [3.05, 3.63) is 17.7 Å². The molecule has 1 saturated heterocycles. The highest BCUT2D eigenvalue weighted by Crippen LogP contribution is 2.30. The lowest BCUT2D eigenvalue weighted by Gasteiger charge is -1.95. The molecular weight excluding hydrogens is 116 g/mol. The van der Waals surface area contributed by atoms with Gasteiger partial charge in [0.25, 0.3) is 0 Å². The Kier molecular flexibility index (Phi) is 0.865. The maximum absolute atomic E-state index is 10.1. The molecule has 0 N–H and O–H groups in total. The van der Waals surface area contributed by atoms with Gasteiger partial charge in [-0.2, -0.15) is 0 Å². The van der Waals surface area contributed by atoms with Crippen LogP contribution >= 0.6 is 0 Å². The Labute approximate surface area is 52.8 Å². The highest BCUT2D eigenvalue weighted by atomic mass is 16.5. The van der Waals surface area contributed by atoms with Gasteiger partial charge in [0.15, 0.2) is 0 Å².